The molecule has 0 spiro atoms. The van der Waals surface area contributed by atoms with Gasteiger partial charge in [0, 0.05) is 13.2 Å². The zero-order valence-electron chi connectivity index (χ0n) is 16.6. The van der Waals surface area contributed by atoms with Crippen LogP contribution in [0.2, 0.25) is 0 Å². The fourth-order valence-electron chi connectivity index (χ4n) is 3.61. The molecule has 0 aromatic carbocycles. The number of hydrogen-bond acceptors (Lipinski definition) is 3. The summed E-state index contributed by atoms with van der Waals surface area (Å²) in [5.41, 5.74) is 0. The Balaban J connectivity index is 1.66. The van der Waals surface area contributed by atoms with E-state index < -0.39 is 0 Å². The maximum Gasteiger partial charge on any atom is 0.0502 e. The van der Waals surface area contributed by atoms with Gasteiger partial charge in [-0.25, -0.2) is 0 Å². The van der Waals surface area contributed by atoms with Crippen molar-refractivity contribution in [1.82, 2.24) is 15.5 Å². The molecule has 3 heteroatoms. The molecule has 0 radical (unpaired) electrons. The second-order valence-corrected chi connectivity index (χ2v) is 7.69. The predicted molar refractivity (Wildman–Crippen MR) is 107 cm³/mol. The van der Waals surface area contributed by atoms with Crippen LogP contribution in [-0.4, -0.2) is 31.5 Å². The highest BCUT2D eigenvalue weighted by Gasteiger charge is 2.06. The minimum absolute atomic E-state index is 0.968. The van der Waals surface area contributed by atoms with Crippen LogP contribution in [0.4, 0.5) is 0 Å². The molecule has 0 aromatic heterocycles. The number of rotatable bonds is 17. The molecule has 1 fully saturated rings. The second kappa shape index (κ2) is 17.7. The molecule has 0 atom stereocenters. The van der Waals surface area contributed by atoms with Gasteiger partial charge in [0.1, 0.15) is 0 Å². The van der Waals surface area contributed by atoms with Gasteiger partial charge in [-0.05, 0) is 6.42 Å². The van der Waals surface area contributed by atoms with E-state index in [2.05, 4.69) is 22.5 Å². The van der Waals surface area contributed by atoms with Gasteiger partial charge in [-0.3, -0.25) is 15.5 Å². The second-order valence-electron chi connectivity index (χ2n) is 7.69. The van der Waals surface area contributed by atoms with Gasteiger partial charge < -0.3 is 0 Å². The van der Waals surface area contributed by atoms with Crippen LogP contribution in [0.1, 0.15) is 110 Å². The Labute approximate surface area is 152 Å². The first kappa shape index (κ1) is 21.9. The lowest BCUT2D eigenvalue weighted by Gasteiger charge is -2.27. The molecule has 0 amide bonds. The molecule has 1 aliphatic rings. The highest BCUT2D eigenvalue weighted by molar-refractivity contribution is 4.60. The summed E-state index contributed by atoms with van der Waals surface area (Å²) in [6.07, 6.45) is 23.2. The summed E-state index contributed by atoms with van der Waals surface area (Å²) < 4.78 is 0. The van der Waals surface area contributed by atoms with Gasteiger partial charge in [0.05, 0.1) is 13.3 Å². The molecular weight excluding hydrogens is 294 g/mol. The van der Waals surface area contributed by atoms with Crippen LogP contribution < -0.4 is 10.6 Å². The van der Waals surface area contributed by atoms with Crippen molar-refractivity contribution in [2.24, 2.45) is 0 Å². The Morgan fingerprint density at radius 2 is 0.917 bits per heavy atom. The maximum absolute atomic E-state index is 3.35. The molecule has 0 unspecified atom stereocenters. The zero-order chi connectivity index (χ0) is 17.1. The maximum atomic E-state index is 3.35. The van der Waals surface area contributed by atoms with Crippen LogP contribution in [0, 0.1) is 0 Å². The van der Waals surface area contributed by atoms with Crippen molar-refractivity contribution in [2.75, 3.05) is 26.6 Å². The average Bonchev–Trinajstić information content (AvgIpc) is 2.62. The summed E-state index contributed by atoms with van der Waals surface area (Å²) in [6, 6.07) is 0. The fourth-order valence-corrected chi connectivity index (χ4v) is 3.61. The number of hydrogen-bond donors (Lipinski definition) is 2. The van der Waals surface area contributed by atoms with Gasteiger partial charge in [0.15, 0.2) is 0 Å². The lowest BCUT2D eigenvalue weighted by Crippen LogP contribution is -2.50. The van der Waals surface area contributed by atoms with E-state index in [0.29, 0.717) is 0 Å². The first-order chi connectivity index (χ1) is 11.9. The monoisotopic (exact) mass is 339 g/mol. The molecule has 1 heterocycles. The highest BCUT2D eigenvalue weighted by Crippen LogP contribution is 2.13. The van der Waals surface area contributed by atoms with Crippen molar-refractivity contribution in [3.8, 4) is 0 Å². The van der Waals surface area contributed by atoms with E-state index in [4.69, 9.17) is 0 Å². The van der Waals surface area contributed by atoms with Crippen molar-refractivity contribution in [3.63, 3.8) is 0 Å². The van der Waals surface area contributed by atoms with Gasteiger partial charge >= 0.3 is 0 Å². The summed E-state index contributed by atoms with van der Waals surface area (Å²) >= 11 is 0. The molecule has 0 aliphatic carbocycles. The minimum atomic E-state index is 0.968. The Bertz CT molecular complexity index is 239. The average molecular weight is 340 g/mol. The number of nitrogens with one attached hydrogen (secondary N) is 2. The van der Waals surface area contributed by atoms with Crippen molar-refractivity contribution in [2.45, 2.75) is 110 Å². The predicted octanol–water partition coefficient (Wildman–Crippen LogP) is 5.62. The first-order valence-electron chi connectivity index (χ1n) is 11.1. The quantitative estimate of drug-likeness (QED) is 0.337. The zero-order valence-corrected chi connectivity index (χ0v) is 16.6. The van der Waals surface area contributed by atoms with E-state index in [1.165, 1.54) is 109 Å². The molecule has 0 aromatic rings. The summed E-state index contributed by atoms with van der Waals surface area (Å²) in [5, 5.41) is 6.71. The van der Waals surface area contributed by atoms with Gasteiger partial charge in [-0.15, -0.1) is 0 Å². The third-order valence-corrected chi connectivity index (χ3v) is 5.25. The van der Waals surface area contributed by atoms with E-state index in [0.717, 1.165) is 20.0 Å². The molecule has 3 nitrogen and oxygen atoms in total. The van der Waals surface area contributed by atoms with Crippen molar-refractivity contribution in [1.29, 1.82) is 0 Å². The third kappa shape index (κ3) is 14.2. The van der Waals surface area contributed by atoms with E-state index in [-0.39, 0.29) is 0 Å². The number of nitrogens with zero attached hydrogens (tertiary/aromatic N) is 1. The minimum Gasteiger partial charge on any atom is -0.292 e. The SMILES string of the molecule is CCCCCCCCCCCCCCCCCCN1CNCNC1. The van der Waals surface area contributed by atoms with E-state index >= 15 is 0 Å². The fraction of sp³-hybridized carbons (Fsp3) is 1.00. The van der Waals surface area contributed by atoms with Gasteiger partial charge in [0.2, 0.25) is 0 Å². The van der Waals surface area contributed by atoms with Crippen LogP contribution in [-0.2, 0) is 0 Å². The van der Waals surface area contributed by atoms with E-state index in [1.54, 1.807) is 0 Å². The van der Waals surface area contributed by atoms with Crippen molar-refractivity contribution >= 4 is 0 Å². The Kier molecular flexibility index (Phi) is 16.2. The van der Waals surface area contributed by atoms with Crippen LogP contribution in [0.3, 0.4) is 0 Å². The molecular formula is C21H45N3. The van der Waals surface area contributed by atoms with Crippen LogP contribution in [0.15, 0.2) is 0 Å². The summed E-state index contributed by atoms with van der Waals surface area (Å²) in [4.78, 5) is 2.47. The molecule has 1 saturated heterocycles. The lowest BCUT2D eigenvalue weighted by atomic mass is 10.0. The van der Waals surface area contributed by atoms with Gasteiger partial charge in [0.25, 0.3) is 0 Å². The van der Waals surface area contributed by atoms with E-state index in [9.17, 15) is 0 Å². The number of unbranched alkanes of at least 4 members (excludes halogenated alkanes) is 15. The standard InChI is InChI=1S/C21H45N3/c1-2-3-4-5-6-7-8-9-10-11-12-13-14-15-16-17-18-24-20-22-19-23-21-24/h22-23H,2-21H2,1H3. The van der Waals surface area contributed by atoms with E-state index in [1.807, 2.05) is 0 Å². The van der Waals surface area contributed by atoms with Crippen molar-refractivity contribution in [3.05, 3.63) is 0 Å². The summed E-state index contributed by atoms with van der Waals surface area (Å²) in [6.45, 7) is 6.64. The topological polar surface area (TPSA) is 27.3 Å². The largest absolute Gasteiger partial charge is 0.292 e. The molecule has 1 rings (SSSR count). The van der Waals surface area contributed by atoms with Gasteiger partial charge in [-0.1, -0.05) is 103 Å². The highest BCUT2D eigenvalue weighted by atomic mass is 15.4. The van der Waals surface area contributed by atoms with Crippen LogP contribution in [0.25, 0.3) is 0 Å². The normalized spacial score (nSPS) is 15.9. The molecule has 144 valence electrons. The van der Waals surface area contributed by atoms with Crippen LogP contribution >= 0.6 is 0 Å². The molecule has 24 heavy (non-hydrogen) atoms. The van der Waals surface area contributed by atoms with Crippen LogP contribution in [0.5, 0.6) is 0 Å². The first-order valence-corrected chi connectivity index (χ1v) is 11.1. The lowest BCUT2D eigenvalue weighted by molar-refractivity contribution is 0.188. The molecule has 0 saturated carbocycles. The summed E-state index contributed by atoms with van der Waals surface area (Å²) in [5.74, 6) is 0. The summed E-state index contributed by atoms with van der Waals surface area (Å²) in [7, 11) is 0. The Morgan fingerprint density at radius 3 is 1.33 bits per heavy atom. The smallest absolute Gasteiger partial charge is 0.0502 e. The molecule has 2 N–H and O–H groups in total. The molecule has 1 aliphatic heterocycles. The van der Waals surface area contributed by atoms with Gasteiger partial charge in [-0.2, -0.15) is 0 Å². The molecule has 0 bridgehead atoms. The van der Waals surface area contributed by atoms with Crippen molar-refractivity contribution < 1.29 is 0 Å². The Morgan fingerprint density at radius 1 is 0.542 bits per heavy atom. The third-order valence-electron chi connectivity index (χ3n) is 5.25. The Hall–Kier alpha value is -0.120.